The zero-order chi connectivity index (χ0) is 27.1. The van der Waals surface area contributed by atoms with Crippen molar-refractivity contribution < 1.29 is 24.3 Å². The fourth-order valence-electron chi connectivity index (χ4n) is 6.61. The molecule has 2 aromatic heterocycles. The fourth-order valence-corrected chi connectivity index (χ4v) is 7.63. The minimum atomic E-state index is -1.22. The van der Waals surface area contributed by atoms with Gasteiger partial charge in [-0.1, -0.05) is 6.07 Å². The Kier molecular flexibility index (Phi) is 6.88. The van der Waals surface area contributed by atoms with Crippen LogP contribution >= 0.6 is 11.3 Å². The van der Waals surface area contributed by atoms with Crippen LogP contribution in [-0.2, 0) is 9.59 Å². The number of aromatic nitrogens is 1. The summed E-state index contributed by atoms with van der Waals surface area (Å²) in [5.41, 5.74) is 0.432. The normalized spacial score (nSPS) is 24.8. The first kappa shape index (κ1) is 25.9. The molecule has 4 amide bonds. The topological polar surface area (TPSA) is 123 Å². The van der Waals surface area contributed by atoms with Crippen molar-refractivity contribution in [3.63, 3.8) is 0 Å². The van der Waals surface area contributed by atoms with E-state index in [0.717, 1.165) is 56.4 Å². The van der Waals surface area contributed by atoms with Gasteiger partial charge in [-0.15, -0.1) is 11.3 Å². The maximum Gasteiger partial charge on any atom is 0.409 e. The number of hydrogen-bond donors (Lipinski definition) is 2. The van der Waals surface area contributed by atoms with Gasteiger partial charge < -0.3 is 10.0 Å². The number of nitrogens with one attached hydrogen (secondary N) is 1. The summed E-state index contributed by atoms with van der Waals surface area (Å²) in [6, 6.07) is 7.55. The minimum absolute atomic E-state index is 0.00132. The number of hydrogen-bond acceptors (Lipinski definition) is 7. The Labute approximate surface area is 231 Å². The average molecular weight is 552 g/mol. The lowest BCUT2D eigenvalue weighted by Crippen LogP contribution is -2.55. The predicted octanol–water partition coefficient (Wildman–Crippen LogP) is 3.90. The molecule has 3 aliphatic heterocycles. The molecule has 0 bridgehead atoms. The van der Waals surface area contributed by atoms with E-state index in [4.69, 9.17) is 0 Å². The average Bonchev–Trinajstić information content (AvgIpc) is 3.42. The third-order valence-corrected chi connectivity index (χ3v) is 9.92. The molecule has 10 nitrogen and oxygen atoms in total. The zero-order valence-electron chi connectivity index (χ0n) is 21.8. The largest absolute Gasteiger partial charge is 0.465 e. The molecule has 39 heavy (non-hydrogen) atoms. The highest BCUT2D eigenvalue weighted by Gasteiger charge is 2.55. The van der Waals surface area contributed by atoms with Crippen molar-refractivity contribution >= 4 is 40.2 Å². The van der Waals surface area contributed by atoms with Crippen LogP contribution in [0.1, 0.15) is 61.7 Å². The number of pyridine rings is 1. The Morgan fingerprint density at radius 3 is 2.51 bits per heavy atom. The molecule has 1 aliphatic carbocycles. The van der Waals surface area contributed by atoms with Gasteiger partial charge >= 0.3 is 6.09 Å². The summed E-state index contributed by atoms with van der Waals surface area (Å²) in [5.74, 6) is -0.161. The van der Waals surface area contributed by atoms with E-state index in [9.17, 15) is 24.3 Å². The van der Waals surface area contributed by atoms with Crippen molar-refractivity contribution in [2.45, 2.75) is 63.5 Å². The van der Waals surface area contributed by atoms with E-state index in [-0.39, 0.29) is 29.8 Å². The van der Waals surface area contributed by atoms with E-state index in [1.54, 1.807) is 28.1 Å². The first-order chi connectivity index (χ1) is 18.8. The lowest BCUT2D eigenvalue weighted by molar-refractivity contribution is -0.147. The summed E-state index contributed by atoms with van der Waals surface area (Å²) in [4.78, 5) is 62.0. The molecule has 1 saturated carbocycles. The lowest BCUT2D eigenvalue weighted by Gasteiger charge is -2.45. The van der Waals surface area contributed by atoms with Gasteiger partial charge in [-0.3, -0.25) is 34.5 Å². The van der Waals surface area contributed by atoms with Crippen molar-refractivity contribution in [1.29, 1.82) is 0 Å². The number of thiophene rings is 1. The molecule has 4 aliphatic rings. The highest BCUT2D eigenvalue weighted by Crippen LogP contribution is 2.45. The maximum atomic E-state index is 13.5. The Hall–Kier alpha value is -3.31. The number of imide groups is 1. The van der Waals surface area contributed by atoms with Crippen molar-refractivity contribution in [3.05, 3.63) is 36.0 Å². The number of rotatable bonds is 5. The molecular formula is C28H33N5O5S. The molecule has 4 fully saturated rings. The number of likely N-dealkylation sites (tertiary alicyclic amines) is 3. The number of carbonyl (C=O) groups is 4. The fraction of sp³-hybridized carbons (Fsp3) is 0.536. The van der Waals surface area contributed by atoms with Gasteiger partial charge in [0.25, 0.3) is 5.91 Å². The number of carboxylic acid groups (broad SMARTS) is 1. The van der Waals surface area contributed by atoms with Crippen LogP contribution in [0.25, 0.3) is 10.6 Å². The molecule has 0 aromatic carbocycles. The molecule has 3 saturated heterocycles. The van der Waals surface area contributed by atoms with Gasteiger partial charge in [0, 0.05) is 44.3 Å². The van der Waals surface area contributed by atoms with Crippen LogP contribution in [0.5, 0.6) is 0 Å². The maximum absolute atomic E-state index is 13.5. The van der Waals surface area contributed by atoms with Gasteiger partial charge in [0.05, 0.1) is 21.5 Å². The molecular weight excluding hydrogens is 518 g/mol. The Bertz CT molecular complexity index is 1290. The second-order valence-electron chi connectivity index (χ2n) is 11.2. The van der Waals surface area contributed by atoms with Gasteiger partial charge in [0.15, 0.2) is 0 Å². The van der Waals surface area contributed by atoms with Crippen molar-refractivity contribution in [2.75, 3.05) is 31.5 Å². The van der Waals surface area contributed by atoms with E-state index < -0.39 is 11.5 Å². The summed E-state index contributed by atoms with van der Waals surface area (Å²) < 4.78 is 0. The molecule has 1 atom stereocenters. The zero-order valence-corrected chi connectivity index (χ0v) is 22.6. The van der Waals surface area contributed by atoms with E-state index in [1.807, 2.05) is 12.1 Å². The van der Waals surface area contributed by atoms with Gasteiger partial charge in [0.2, 0.25) is 11.8 Å². The van der Waals surface area contributed by atoms with Crippen LogP contribution in [0.3, 0.4) is 0 Å². The second kappa shape index (κ2) is 10.3. The van der Waals surface area contributed by atoms with Crippen LogP contribution in [-0.4, -0.2) is 86.9 Å². The Morgan fingerprint density at radius 2 is 1.85 bits per heavy atom. The third kappa shape index (κ3) is 4.82. The summed E-state index contributed by atoms with van der Waals surface area (Å²) in [6.07, 6.45) is 6.93. The first-order valence-corrected chi connectivity index (χ1v) is 14.6. The molecule has 5 heterocycles. The smallest absolute Gasteiger partial charge is 0.409 e. The van der Waals surface area contributed by atoms with Gasteiger partial charge in [-0.2, -0.15) is 0 Å². The molecule has 11 heteroatoms. The van der Waals surface area contributed by atoms with Crippen LogP contribution in [0.15, 0.2) is 30.5 Å². The molecule has 2 N–H and O–H groups in total. The van der Waals surface area contributed by atoms with E-state index in [0.29, 0.717) is 42.3 Å². The molecule has 1 unspecified atom stereocenters. The second-order valence-corrected chi connectivity index (χ2v) is 12.3. The standard InChI is InChI=1S/C28H33N5O5S/c34-23-16-28(26(36)33(23)19-5-3-6-19)10-4-12-32(17-28)18-8-13-31(14-9-18)25(35)20-15-22(21-7-1-2-11-29-21)39-24(20)30-27(37)38/h1-2,7,11,15,18-19,30H,3-6,8-10,12-14,16-17H2,(H,37,38). The van der Waals surface area contributed by atoms with Gasteiger partial charge in [-0.25, -0.2) is 4.79 Å². The highest BCUT2D eigenvalue weighted by atomic mass is 32.1. The SMILES string of the molecule is O=C(O)Nc1sc(-c2ccccn2)cc1C(=O)N1CCC(N2CCCC3(CC(=O)N(C4CCC4)C3=O)C2)CC1. The number of carbonyl (C=O) groups excluding carboxylic acids is 3. The molecule has 2 aromatic rings. The summed E-state index contributed by atoms with van der Waals surface area (Å²) >= 11 is 1.20. The number of anilines is 1. The van der Waals surface area contributed by atoms with Crippen molar-refractivity contribution in [1.82, 2.24) is 19.7 Å². The molecule has 6 rings (SSSR count). The quantitative estimate of drug-likeness (QED) is 0.541. The Morgan fingerprint density at radius 1 is 1.05 bits per heavy atom. The van der Waals surface area contributed by atoms with E-state index in [1.165, 1.54) is 11.3 Å². The highest BCUT2D eigenvalue weighted by molar-refractivity contribution is 7.20. The van der Waals surface area contributed by atoms with Gasteiger partial charge in [0.1, 0.15) is 5.00 Å². The van der Waals surface area contributed by atoms with Crippen molar-refractivity contribution in [3.8, 4) is 10.6 Å². The molecule has 206 valence electrons. The number of amides is 4. The Balaban J connectivity index is 1.12. The van der Waals surface area contributed by atoms with Crippen LogP contribution in [0.2, 0.25) is 0 Å². The number of piperidine rings is 2. The van der Waals surface area contributed by atoms with Crippen LogP contribution < -0.4 is 5.32 Å². The van der Waals surface area contributed by atoms with Crippen LogP contribution in [0, 0.1) is 5.41 Å². The summed E-state index contributed by atoms with van der Waals surface area (Å²) in [5, 5.41) is 12.0. The monoisotopic (exact) mass is 551 g/mol. The summed E-state index contributed by atoms with van der Waals surface area (Å²) in [6.45, 7) is 2.62. The van der Waals surface area contributed by atoms with Crippen LogP contribution in [0.4, 0.5) is 9.80 Å². The molecule has 1 spiro atoms. The third-order valence-electron chi connectivity index (χ3n) is 8.85. The minimum Gasteiger partial charge on any atom is -0.465 e. The van der Waals surface area contributed by atoms with Crippen molar-refractivity contribution in [2.24, 2.45) is 5.41 Å². The molecule has 0 radical (unpaired) electrons. The first-order valence-electron chi connectivity index (χ1n) is 13.8. The summed E-state index contributed by atoms with van der Waals surface area (Å²) in [7, 11) is 0. The van der Waals surface area contributed by atoms with E-state index in [2.05, 4.69) is 15.2 Å². The number of nitrogens with zero attached hydrogens (tertiary/aromatic N) is 4. The van der Waals surface area contributed by atoms with Gasteiger partial charge in [-0.05, 0) is 69.7 Å². The van der Waals surface area contributed by atoms with E-state index >= 15 is 0 Å². The lowest BCUT2D eigenvalue weighted by atomic mass is 9.77. The predicted molar refractivity (Wildman–Crippen MR) is 145 cm³/mol.